The lowest BCUT2D eigenvalue weighted by atomic mass is 10.0. The van der Waals surface area contributed by atoms with Gasteiger partial charge in [0.2, 0.25) is 5.91 Å². The van der Waals surface area contributed by atoms with Gasteiger partial charge < -0.3 is 9.80 Å². The minimum Gasteiger partial charge on any atom is -0.339 e. The van der Waals surface area contributed by atoms with Crippen molar-refractivity contribution in [1.29, 1.82) is 0 Å². The molecule has 0 radical (unpaired) electrons. The Kier molecular flexibility index (Phi) is 6.51. The van der Waals surface area contributed by atoms with E-state index in [4.69, 9.17) is 0 Å². The largest absolute Gasteiger partial charge is 0.339 e. The highest BCUT2D eigenvalue weighted by atomic mass is 16.2. The number of anilines is 1. The zero-order valence-electron chi connectivity index (χ0n) is 18.4. The Labute approximate surface area is 184 Å². The summed E-state index contributed by atoms with van der Waals surface area (Å²) < 4.78 is 0. The molecular weight excluding hydrogens is 390 g/mol. The maximum Gasteiger partial charge on any atom is 0.325 e. The molecule has 0 aliphatic carbocycles. The van der Waals surface area contributed by atoms with Crippen molar-refractivity contribution < 1.29 is 9.59 Å². The van der Waals surface area contributed by atoms with E-state index in [1.807, 2.05) is 41.6 Å². The predicted octanol–water partition coefficient (Wildman–Crippen LogP) is 2.79. The summed E-state index contributed by atoms with van der Waals surface area (Å²) in [5.41, 5.74) is 3.39. The highest BCUT2D eigenvalue weighted by Gasteiger charge is 2.32. The lowest BCUT2D eigenvalue weighted by Crippen LogP contribution is -2.51. The molecule has 3 amide bonds. The second-order valence-corrected chi connectivity index (χ2v) is 8.61. The van der Waals surface area contributed by atoms with Gasteiger partial charge in [0.1, 0.15) is 6.54 Å². The number of carbonyl (C=O) groups is 2. The number of nitrogens with zero attached hydrogens (tertiary/aromatic N) is 5. The highest BCUT2D eigenvalue weighted by Crippen LogP contribution is 2.23. The fourth-order valence-electron chi connectivity index (χ4n) is 4.17. The van der Waals surface area contributed by atoms with E-state index in [2.05, 4.69) is 35.9 Å². The van der Waals surface area contributed by atoms with Gasteiger partial charge >= 0.3 is 6.03 Å². The Hall–Kier alpha value is -2.93. The topological polar surface area (TPSA) is 60.0 Å². The van der Waals surface area contributed by atoms with Crippen molar-refractivity contribution in [2.75, 3.05) is 50.7 Å². The summed E-state index contributed by atoms with van der Waals surface area (Å²) in [6.45, 7) is 9.63. The third-order valence-electron chi connectivity index (χ3n) is 6.17. The zero-order valence-corrected chi connectivity index (χ0v) is 18.4. The second-order valence-electron chi connectivity index (χ2n) is 8.61. The average Bonchev–Trinajstić information content (AvgIpc) is 3.15. The van der Waals surface area contributed by atoms with Crippen molar-refractivity contribution in [3.8, 4) is 0 Å². The lowest BCUT2D eigenvalue weighted by molar-refractivity contribution is -0.133. The molecule has 2 fully saturated rings. The molecule has 0 atom stereocenters. The van der Waals surface area contributed by atoms with E-state index in [0.29, 0.717) is 32.1 Å². The second kappa shape index (κ2) is 9.47. The molecule has 0 saturated carbocycles. The standard InChI is InChI=1S/C24H31N5O2/c1-19(2)21-3-5-22(6-4-21)29-16-15-28(24(29)31)18-23(30)27-13-11-26(12-14-27)17-20-7-9-25-10-8-20/h3-10,19H,11-18H2,1-2H3. The zero-order chi connectivity index (χ0) is 21.8. The number of hydrogen-bond acceptors (Lipinski definition) is 4. The molecule has 3 heterocycles. The molecular formula is C24H31N5O2. The van der Waals surface area contributed by atoms with Crippen molar-refractivity contribution in [1.82, 2.24) is 19.7 Å². The number of rotatable bonds is 6. The van der Waals surface area contributed by atoms with Gasteiger partial charge in [-0.2, -0.15) is 0 Å². The van der Waals surface area contributed by atoms with E-state index < -0.39 is 0 Å². The average molecular weight is 422 g/mol. The van der Waals surface area contributed by atoms with E-state index in [0.717, 1.165) is 25.3 Å². The summed E-state index contributed by atoms with van der Waals surface area (Å²) in [5, 5.41) is 0. The van der Waals surface area contributed by atoms with Gasteiger partial charge in [-0.15, -0.1) is 0 Å². The SMILES string of the molecule is CC(C)c1ccc(N2CCN(CC(=O)N3CCN(Cc4ccncc4)CC3)C2=O)cc1. The maximum absolute atomic E-state index is 12.9. The van der Waals surface area contributed by atoms with Gasteiger partial charge in [0.25, 0.3) is 0 Å². The normalized spacial score (nSPS) is 17.6. The van der Waals surface area contributed by atoms with E-state index in [1.54, 1.807) is 9.80 Å². The first kappa shape index (κ1) is 21.3. The third-order valence-corrected chi connectivity index (χ3v) is 6.17. The van der Waals surface area contributed by atoms with Crippen LogP contribution < -0.4 is 4.90 Å². The smallest absolute Gasteiger partial charge is 0.325 e. The number of carbonyl (C=O) groups excluding carboxylic acids is 2. The molecule has 2 aliphatic rings. The lowest BCUT2D eigenvalue weighted by Gasteiger charge is -2.35. The number of pyridine rings is 1. The van der Waals surface area contributed by atoms with Gasteiger partial charge in [0.15, 0.2) is 0 Å². The van der Waals surface area contributed by atoms with Crippen molar-refractivity contribution in [3.05, 3.63) is 59.9 Å². The van der Waals surface area contributed by atoms with Crippen LogP contribution in [0.25, 0.3) is 0 Å². The van der Waals surface area contributed by atoms with Crippen LogP contribution in [0, 0.1) is 0 Å². The quantitative estimate of drug-likeness (QED) is 0.720. The van der Waals surface area contributed by atoms with Crippen LogP contribution in [0.3, 0.4) is 0 Å². The number of benzene rings is 1. The van der Waals surface area contributed by atoms with Crippen LogP contribution in [-0.2, 0) is 11.3 Å². The molecule has 7 nitrogen and oxygen atoms in total. The Bertz CT molecular complexity index is 892. The number of hydrogen-bond donors (Lipinski definition) is 0. The number of urea groups is 1. The summed E-state index contributed by atoms with van der Waals surface area (Å²) in [7, 11) is 0. The molecule has 0 spiro atoms. The van der Waals surface area contributed by atoms with Crippen LogP contribution in [-0.4, -0.2) is 77.4 Å². The molecule has 7 heteroatoms. The number of aromatic nitrogens is 1. The molecule has 4 rings (SSSR count). The summed E-state index contributed by atoms with van der Waals surface area (Å²) in [4.78, 5) is 37.4. The van der Waals surface area contributed by atoms with Gasteiger partial charge in [-0.25, -0.2) is 4.79 Å². The van der Waals surface area contributed by atoms with E-state index >= 15 is 0 Å². The van der Waals surface area contributed by atoms with Crippen molar-refractivity contribution in [2.45, 2.75) is 26.3 Å². The molecule has 0 N–H and O–H groups in total. The first-order valence-corrected chi connectivity index (χ1v) is 11.1. The summed E-state index contributed by atoms with van der Waals surface area (Å²) in [5.74, 6) is 0.497. The molecule has 164 valence electrons. The van der Waals surface area contributed by atoms with Gasteiger partial charge in [-0.05, 0) is 41.3 Å². The van der Waals surface area contributed by atoms with E-state index in [9.17, 15) is 9.59 Å². The Morgan fingerprint density at radius 3 is 2.26 bits per heavy atom. The van der Waals surface area contributed by atoms with E-state index in [-0.39, 0.29) is 18.5 Å². The van der Waals surface area contributed by atoms with Gasteiger partial charge in [-0.1, -0.05) is 26.0 Å². The van der Waals surface area contributed by atoms with Crippen LogP contribution in [0.15, 0.2) is 48.8 Å². The summed E-state index contributed by atoms with van der Waals surface area (Å²) >= 11 is 0. The van der Waals surface area contributed by atoms with E-state index in [1.165, 1.54) is 11.1 Å². The molecule has 1 aromatic heterocycles. The van der Waals surface area contributed by atoms with Crippen LogP contribution in [0.4, 0.5) is 10.5 Å². The number of amides is 3. The Balaban J connectivity index is 1.27. The van der Waals surface area contributed by atoms with Crippen molar-refractivity contribution in [2.24, 2.45) is 0 Å². The molecule has 0 unspecified atom stereocenters. The Morgan fingerprint density at radius 2 is 1.61 bits per heavy atom. The monoisotopic (exact) mass is 421 g/mol. The summed E-state index contributed by atoms with van der Waals surface area (Å²) in [6, 6.07) is 12.1. The van der Waals surface area contributed by atoms with Gasteiger partial charge in [0, 0.05) is 63.9 Å². The maximum atomic E-state index is 12.9. The van der Waals surface area contributed by atoms with Crippen molar-refractivity contribution >= 4 is 17.6 Å². The van der Waals surface area contributed by atoms with Gasteiger partial charge in [-0.3, -0.25) is 19.6 Å². The third kappa shape index (κ3) is 5.05. The first-order valence-electron chi connectivity index (χ1n) is 11.1. The van der Waals surface area contributed by atoms with Crippen molar-refractivity contribution in [3.63, 3.8) is 0 Å². The van der Waals surface area contributed by atoms with Crippen LogP contribution in [0.5, 0.6) is 0 Å². The van der Waals surface area contributed by atoms with Crippen LogP contribution in [0.1, 0.15) is 30.9 Å². The van der Waals surface area contributed by atoms with Gasteiger partial charge in [0.05, 0.1) is 0 Å². The molecule has 2 aliphatic heterocycles. The highest BCUT2D eigenvalue weighted by molar-refractivity contribution is 5.96. The molecule has 2 saturated heterocycles. The summed E-state index contributed by atoms with van der Waals surface area (Å²) in [6.07, 6.45) is 3.62. The van der Waals surface area contributed by atoms with Crippen LogP contribution in [0.2, 0.25) is 0 Å². The first-order chi connectivity index (χ1) is 15.0. The minimum absolute atomic E-state index is 0.0360. The predicted molar refractivity (Wildman–Crippen MR) is 121 cm³/mol. The fraction of sp³-hybridized carbons (Fsp3) is 0.458. The fourth-order valence-corrected chi connectivity index (χ4v) is 4.17. The molecule has 1 aromatic carbocycles. The molecule has 31 heavy (non-hydrogen) atoms. The minimum atomic E-state index is -0.0815. The number of piperazine rings is 1. The molecule has 2 aromatic rings. The molecule has 0 bridgehead atoms. The van der Waals surface area contributed by atoms with Crippen LogP contribution >= 0.6 is 0 Å². The Morgan fingerprint density at radius 1 is 0.935 bits per heavy atom.